The summed E-state index contributed by atoms with van der Waals surface area (Å²) in [5, 5.41) is 0. The second kappa shape index (κ2) is 4.47. The summed E-state index contributed by atoms with van der Waals surface area (Å²) in [5.41, 5.74) is 0.736. The van der Waals surface area contributed by atoms with Gasteiger partial charge in [-0.2, -0.15) is 0 Å². The lowest BCUT2D eigenvalue weighted by Gasteiger charge is -1.90. The highest BCUT2D eigenvalue weighted by Gasteiger charge is 1.88. The molecule has 0 saturated carbocycles. The predicted octanol–water partition coefficient (Wildman–Crippen LogP) is 0.783. The van der Waals surface area contributed by atoms with Crippen LogP contribution in [-0.2, 0) is 4.74 Å². The molecule has 1 rings (SSSR count). The molecular weight excluding hydrogens is 152 g/mol. The maximum Gasteiger partial charge on any atom is 0.126 e. The SMILES string of the molecule is COCC#Cc1ccnc(C)n1. The molecule has 0 fully saturated rings. The Bertz CT molecular complexity index is 312. The lowest BCUT2D eigenvalue weighted by Crippen LogP contribution is -1.89. The van der Waals surface area contributed by atoms with E-state index in [4.69, 9.17) is 4.74 Å². The molecule has 0 aliphatic heterocycles. The van der Waals surface area contributed by atoms with Crippen molar-refractivity contribution in [3.63, 3.8) is 0 Å². The summed E-state index contributed by atoms with van der Waals surface area (Å²) >= 11 is 0. The molecule has 0 N–H and O–H groups in total. The number of nitrogens with zero attached hydrogens (tertiary/aromatic N) is 2. The van der Waals surface area contributed by atoms with Gasteiger partial charge in [0, 0.05) is 13.3 Å². The van der Waals surface area contributed by atoms with Gasteiger partial charge >= 0.3 is 0 Å². The van der Waals surface area contributed by atoms with Crippen molar-refractivity contribution < 1.29 is 4.74 Å². The number of rotatable bonds is 1. The molecular formula is C9H10N2O. The molecule has 0 unspecified atom stereocenters. The zero-order valence-corrected chi connectivity index (χ0v) is 7.16. The Morgan fingerprint density at radius 2 is 2.42 bits per heavy atom. The first-order chi connectivity index (χ1) is 5.83. The average molecular weight is 162 g/mol. The van der Waals surface area contributed by atoms with Gasteiger partial charge < -0.3 is 4.74 Å². The van der Waals surface area contributed by atoms with Crippen molar-refractivity contribution in [1.29, 1.82) is 0 Å². The van der Waals surface area contributed by atoms with E-state index in [0.29, 0.717) is 6.61 Å². The van der Waals surface area contributed by atoms with Crippen LogP contribution in [0.1, 0.15) is 11.5 Å². The van der Waals surface area contributed by atoms with E-state index < -0.39 is 0 Å². The topological polar surface area (TPSA) is 35.0 Å². The van der Waals surface area contributed by atoms with Crippen LogP contribution < -0.4 is 0 Å². The summed E-state index contributed by atoms with van der Waals surface area (Å²) in [4.78, 5) is 8.06. The molecule has 0 spiro atoms. The van der Waals surface area contributed by atoms with Gasteiger partial charge in [-0.15, -0.1) is 0 Å². The number of aryl methyl sites for hydroxylation is 1. The van der Waals surface area contributed by atoms with E-state index in [9.17, 15) is 0 Å². The molecule has 0 bridgehead atoms. The third kappa shape index (κ3) is 2.69. The minimum Gasteiger partial charge on any atom is -0.372 e. The third-order valence-corrected chi connectivity index (χ3v) is 1.21. The molecule has 1 aromatic rings. The predicted molar refractivity (Wildman–Crippen MR) is 45.5 cm³/mol. The Labute approximate surface area is 71.8 Å². The van der Waals surface area contributed by atoms with Crippen LogP contribution in [0.25, 0.3) is 0 Å². The van der Waals surface area contributed by atoms with Gasteiger partial charge in [0.2, 0.25) is 0 Å². The maximum atomic E-state index is 4.78. The summed E-state index contributed by atoms with van der Waals surface area (Å²) in [7, 11) is 1.61. The smallest absolute Gasteiger partial charge is 0.126 e. The van der Waals surface area contributed by atoms with E-state index in [1.807, 2.05) is 6.92 Å². The quantitative estimate of drug-likeness (QED) is 0.572. The van der Waals surface area contributed by atoms with Crippen molar-refractivity contribution >= 4 is 0 Å². The second-order valence-corrected chi connectivity index (χ2v) is 2.22. The summed E-state index contributed by atoms with van der Waals surface area (Å²) in [6.45, 7) is 2.27. The van der Waals surface area contributed by atoms with Crippen molar-refractivity contribution in [2.24, 2.45) is 0 Å². The molecule has 1 heterocycles. The Morgan fingerprint density at radius 1 is 1.58 bits per heavy atom. The molecule has 62 valence electrons. The minimum absolute atomic E-state index is 0.434. The van der Waals surface area contributed by atoms with Gasteiger partial charge in [0.15, 0.2) is 0 Å². The Morgan fingerprint density at radius 3 is 3.08 bits per heavy atom. The fraction of sp³-hybridized carbons (Fsp3) is 0.333. The maximum absolute atomic E-state index is 4.78. The van der Waals surface area contributed by atoms with Crippen molar-refractivity contribution in [3.05, 3.63) is 23.8 Å². The lowest BCUT2D eigenvalue weighted by molar-refractivity contribution is 0.240. The highest BCUT2D eigenvalue weighted by atomic mass is 16.5. The van der Waals surface area contributed by atoms with Crippen molar-refractivity contribution in [1.82, 2.24) is 9.97 Å². The number of ether oxygens (including phenoxy) is 1. The van der Waals surface area contributed by atoms with Gasteiger partial charge in [0.05, 0.1) is 0 Å². The largest absolute Gasteiger partial charge is 0.372 e. The van der Waals surface area contributed by atoms with E-state index in [1.165, 1.54) is 0 Å². The molecule has 3 nitrogen and oxygen atoms in total. The van der Waals surface area contributed by atoms with Gasteiger partial charge in [-0.05, 0) is 18.9 Å². The zero-order valence-electron chi connectivity index (χ0n) is 7.16. The molecule has 0 radical (unpaired) electrons. The second-order valence-electron chi connectivity index (χ2n) is 2.22. The molecule has 0 amide bonds. The monoisotopic (exact) mass is 162 g/mol. The van der Waals surface area contributed by atoms with Crippen LogP contribution in [0.3, 0.4) is 0 Å². The van der Waals surface area contributed by atoms with E-state index >= 15 is 0 Å². The summed E-state index contributed by atoms with van der Waals surface area (Å²) < 4.78 is 4.78. The summed E-state index contributed by atoms with van der Waals surface area (Å²) in [6, 6.07) is 1.77. The van der Waals surface area contributed by atoms with E-state index in [0.717, 1.165) is 11.5 Å². The summed E-state index contributed by atoms with van der Waals surface area (Å²) in [6.07, 6.45) is 1.69. The minimum atomic E-state index is 0.434. The molecule has 12 heavy (non-hydrogen) atoms. The number of hydrogen-bond donors (Lipinski definition) is 0. The van der Waals surface area contributed by atoms with E-state index in [1.54, 1.807) is 19.4 Å². The van der Waals surface area contributed by atoms with Crippen molar-refractivity contribution in [2.75, 3.05) is 13.7 Å². The fourth-order valence-corrected chi connectivity index (χ4v) is 0.725. The number of aromatic nitrogens is 2. The molecule has 0 aliphatic carbocycles. The van der Waals surface area contributed by atoms with Crippen LogP contribution in [-0.4, -0.2) is 23.7 Å². The lowest BCUT2D eigenvalue weighted by atomic mass is 10.4. The van der Waals surface area contributed by atoms with Crippen molar-refractivity contribution in [2.45, 2.75) is 6.92 Å². The van der Waals surface area contributed by atoms with Gasteiger partial charge in [-0.3, -0.25) is 0 Å². The summed E-state index contributed by atoms with van der Waals surface area (Å²) in [5.74, 6) is 6.41. The average Bonchev–Trinajstić information content (AvgIpc) is 2.05. The molecule has 0 saturated heterocycles. The standard InChI is InChI=1S/C9H10N2O/c1-8-10-6-5-9(11-8)4-3-7-12-2/h5-6H,7H2,1-2H3. The van der Waals surface area contributed by atoms with Gasteiger partial charge in [-0.25, -0.2) is 9.97 Å². The van der Waals surface area contributed by atoms with Gasteiger partial charge in [-0.1, -0.05) is 5.92 Å². The van der Waals surface area contributed by atoms with Crippen LogP contribution in [0.5, 0.6) is 0 Å². The third-order valence-electron chi connectivity index (χ3n) is 1.21. The van der Waals surface area contributed by atoms with Gasteiger partial charge in [0.1, 0.15) is 18.1 Å². The van der Waals surface area contributed by atoms with E-state index in [2.05, 4.69) is 21.8 Å². The Balaban J connectivity index is 2.71. The molecule has 0 aromatic carbocycles. The van der Waals surface area contributed by atoms with Crippen molar-refractivity contribution in [3.8, 4) is 11.8 Å². The Hall–Kier alpha value is -1.40. The molecule has 1 aromatic heterocycles. The molecule has 0 aliphatic rings. The van der Waals surface area contributed by atoms with E-state index in [-0.39, 0.29) is 0 Å². The first kappa shape index (κ1) is 8.69. The number of methoxy groups -OCH3 is 1. The zero-order chi connectivity index (χ0) is 8.81. The van der Waals surface area contributed by atoms with Crippen LogP contribution in [0, 0.1) is 18.8 Å². The van der Waals surface area contributed by atoms with Crippen LogP contribution >= 0.6 is 0 Å². The van der Waals surface area contributed by atoms with Gasteiger partial charge in [0.25, 0.3) is 0 Å². The first-order valence-corrected chi connectivity index (χ1v) is 3.60. The fourth-order valence-electron chi connectivity index (χ4n) is 0.725. The molecule has 0 atom stereocenters. The molecule has 3 heteroatoms. The number of hydrogen-bond acceptors (Lipinski definition) is 3. The van der Waals surface area contributed by atoms with Crippen LogP contribution in [0.2, 0.25) is 0 Å². The first-order valence-electron chi connectivity index (χ1n) is 3.60. The highest BCUT2D eigenvalue weighted by Crippen LogP contribution is 1.90. The highest BCUT2D eigenvalue weighted by molar-refractivity contribution is 5.26. The Kier molecular flexibility index (Phi) is 3.24. The normalized spacial score (nSPS) is 8.83. The van der Waals surface area contributed by atoms with Crippen LogP contribution in [0.15, 0.2) is 12.3 Å². The van der Waals surface area contributed by atoms with Crippen LogP contribution in [0.4, 0.5) is 0 Å².